The Morgan fingerprint density at radius 1 is 1.29 bits per heavy atom. The summed E-state index contributed by atoms with van der Waals surface area (Å²) in [7, 11) is 0. The smallest absolute Gasteiger partial charge is 0.0653 e. The molecule has 0 aliphatic rings. The lowest BCUT2D eigenvalue weighted by molar-refractivity contribution is 0.882. The molecule has 0 aliphatic heterocycles. The van der Waals surface area contributed by atoms with Crippen LogP contribution in [0.4, 0.5) is 0 Å². The van der Waals surface area contributed by atoms with Gasteiger partial charge in [0.2, 0.25) is 0 Å². The van der Waals surface area contributed by atoms with Crippen molar-refractivity contribution in [2.45, 2.75) is 0 Å². The van der Waals surface area contributed by atoms with Crippen molar-refractivity contribution in [2.75, 3.05) is 0 Å². The third-order valence-electron chi connectivity index (χ3n) is 2.19. The fraction of sp³-hybridized carbons (Fsp3) is 0. The molecule has 0 amide bonds. The maximum absolute atomic E-state index is 4.16. The molecule has 3 aromatic rings. The quantitative estimate of drug-likeness (QED) is 0.626. The normalized spacial score (nSPS) is 10.9. The van der Waals surface area contributed by atoms with Crippen LogP contribution in [0.5, 0.6) is 0 Å². The van der Waals surface area contributed by atoms with Gasteiger partial charge in [-0.05, 0) is 24.3 Å². The molecule has 0 radical (unpaired) electrons. The second-order valence-corrected chi connectivity index (χ2v) is 3.09. The summed E-state index contributed by atoms with van der Waals surface area (Å²) in [6.07, 6.45) is 5.49. The first kappa shape index (κ1) is 7.32. The van der Waals surface area contributed by atoms with Crippen LogP contribution in [0.3, 0.4) is 0 Å². The van der Waals surface area contributed by atoms with E-state index in [1.807, 2.05) is 41.3 Å². The first-order valence-corrected chi connectivity index (χ1v) is 4.37. The minimum absolute atomic E-state index is 1.04. The molecule has 2 heterocycles. The molecule has 0 saturated carbocycles. The zero-order valence-electron chi connectivity index (χ0n) is 7.38. The Morgan fingerprint density at radius 2 is 2.29 bits per heavy atom. The van der Waals surface area contributed by atoms with E-state index in [1.165, 1.54) is 0 Å². The van der Waals surface area contributed by atoms with Crippen LogP contribution in [0.15, 0.2) is 42.9 Å². The van der Waals surface area contributed by atoms with E-state index in [2.05, 4.69) is 15.3 Å². The van der Waals surface area contributed by atoms with E-state index in [4.69, 9.17) is 0 Å². The molecule has 0 saturated heterocycles. The average molecular weight is 184 g/mol. The van der Waals surface area contributed by atoms with Crippen molar-refractivity contribution in [3.8, 4) is 5.69 Å². The van der Waals surface area contributed by atoms with Crippen LogP contribution < -0.4 is 0 Å². The largest absolute Gasteiger partial charge is 0.278 e. The van der Waals surface area contributed by atoms with Gasteiger partial charge in [0.05, 0.1) is 17.4 Å². The van der Waals surface area contributed by atoms with Crippen molar-refractivity contribution < 1.29 is 0 Å². The number of fused-ring (bicyclic) bond motifs is 1. The molecule has 0 atom stereocenters. The molecule has 0 aliphatic carbocycles. The van der Waals surface area contributed by atoms with Gasteiger partial charge in [-0.25, -0.2) is 4.68 Å². The van der Waals surface area contributed by atoms with Crippen molar-refractivity contribution in [3.63, 3.8) is 0 Å². The zero-order chi connectivity index (χ0) is 9.38. The van der Waals surface area contributed by atoms with E-state index >= 15 is 0 Å². The van der Waals surface area contributed by atoms with Gasteiger partial charge in [0, 0.05) is 17.8 Å². The minimum atomic E-state index is 1.04. The van der Waals surface area contributed by atoms with Gasteiger partial charge in [0.25, 0.3) is 0 Å². The Kier molecular flexibility index (Phi) is 1.41. The first-order valence-electron chi connectivity index (χ1n) is 4.37. The van der Waals surface area contributed by atoms with Gasteiger partial charge < -0.3 is 0 Å². The van der Waals surface area contributed by atoms with Crippen LogP contribution >= 0.6 is 0 Å². The summed E-state index contributed by atoms with van der Waals surface area (Å²) in [5, 5.41) is 12.1. The molecule has 3 rings (SSSR count). The standard InChI is InChI=1S/C10H8N4/c1-4-12-14(5-1)9-2-3-10-8(6-9)7-11-13-10/h1-7H,(H,11,13). The highest BCUT2D eigenvalue weighted by Gasteiger charge is 1.99. The maximum atomic E-state index is 4.16. The molecule has 0 fully saturated rings. The molecule has 2 aromatic heterocycles. The number of aromatic nitrogens is 4. The molecule has 14 heavy (non-hydrogen) atoms. The number of hydrogen-bond acceptors (Lipinski definition) is 2. The average Bonchev–Trinajstić information content (AvgIpc) is 2.88. The lowest BCUT2D eigenvalue weighted by atomic mass is 10.2. The summed E-state index contributed by atoms with van der Waals surface area (Å²) in [6.45, 7) is 0. The van der Waals surface area contributed by atoms with E-state index in [0.717, 1.165) is 16.6 Å². The summed E-state index contributed by atoms with van der Waals surface area (Å²) >= 11 is 0. The Labute approximate surface area is 80.2 Å². The van der Waals surface area contributed by atoms with Gasteiger partial charge >= 0.3 is 0 Å². The van der Waals surface area contributed by atoms with Gasteiger partial charge in [-0.2, -0.15) is 10.2 Å². The highest BCUT2D eigenvalue weighted by molar-refractivity contribution is 5.79. The molecule has 0 unspecified atom stereocenters. The van der Waals surface area contributed by atoms with Crippen molar-refractivity contribution >= 4 is 10.9 Å². The SMILES string of the molecule is c1cnn(-c2ccc3[nH]ncc3c2)c1. The van der Waals surface area contributed by atoms with Crippen LogP contribution in [0.2, 0.25) is 0 Å². The molecule has 68 valence electrons. The van der Waals surface area contributed by atoms with Gasteiger partial charge in [-0.3, -0.25) is 5.10 Å². The maximum Gasteiger partial charge on any atom is 0.0653 e. The number of benzene rings is 1. The van der Waals surface area contributed by atoms with Crippen molar-refractivity contribution in [3.05, 3.63) is 42.9 Å². The Hall–Kier alpha value is -2.10. The van der Waals surface area contributed by atoms with Crippen molar-refractivity contribution in [2.24, 2.45) is 0 Å². The first-order chi connectivity index (χ1) is 6.93. The summed E-state index contributed by atoms with van der Waals surface area (Å²) in [5.74, 6) is 0. The van der Waals surface area contributed by atoms with Gasteiger partial charge in [0.15, 0.2) is 0 Å². The highest BCUT2D eigenvalue weighted by atomic mass is 15.3. The molecule has 4 heteroatoms. The number of hydrogen-bond donors (Lipinski definition) is 1. The van der Waals surface area contributed by atoms with Crippen LogP contribution in [-0.4, -0.2) is 20.0 Å². The lowest BCUT2D eigenvalue weighted by Crippen LogP contribution is -1.92. The zero-order valence-corrected chi connectivity index (χ0v) is 7.38. The summed E-state index contributed by atoms with van der Waals surface area (Å²) in [4.78, 5) is 0. The predicted octanol–water partition coefficient (Wildman–Crippen LogP) is 1.75. The second-order valence-electron chi connectivity index (χ2n) is 3.09. The molecule has 4 nitrogen and oxygen atoms in total. The fourth-order valence-corrected chi connectivity index (χ4v) is 1.49. The fourth-order valence-electron chi connectivity index (χ4n) is 1.49. The number of aromatic amines is 1. The van der Waals surface area contributed by atoms with Gasteiger partial charge in [-0.15, -0.1) is 0 Å². The topological polar surface area (TPSA) is 46.5 Å². The number of rotatable bonds is 1. The van der Waals surface area contributed by atoms with Crippen molar-refractivity contribution in [1.82, 2.24) is 20.0 Å². The molecular weight excluding hydrogens is 176 g/mol. The lowest BCUT2D eigenvalue weighted by Gasteiger charge is -1.99. The minimum Gasteiger partial charge on any atom is -0.278 e. The van der Waals surface area contributed by atoms with Crippen LogP contribution in [0.1, 0.15) is 0 Å². The Morgan fingerprint density at radius 3 is 3.14 bits per heavy atom. The number of H-pyrrole nitrogens is 1. The molecule has 0 bridgehead atoms. The molecule has 1 N–H and O–H groups in total. The summed E-state index contributed by atoms with van der Waals surface area (Å²) in [6, 6.07) is 7.96. The van der Waals surface area contributed by atoms with E-state index < -0.39 is 0 Å². The number of nitrogens with one attached hydrogen (secondary N) is 1. The van der Waals surface area contributed by atoms with Crippen molar-refractivity contribution in [1.29, 1.82) is 0 Å². The Balaban J connectivity index is 2.23. The third-order valence-corrected chi connectivity index (χ3v) is 2.19. The summed E-state index contributed by atoms with van der Waals surface area (Å²) in [5.41, 5.74) is 2.09. The van der Waals surface area contributed by atoms with E-state index in [1.54, 1.807) is 6.20 Å². The summed E-state index contributed by atoms with van der Waals surface area (Å²) < 4.78 is 1.83. The van der Waals surface area contributed by atoms with E-state index in [0.29, 0.717) is 0 Å². The van der Waals surface area contributed by atoms with Gasteiger partial charge in [0.1, 0.15) is 0 Å². The van der Waals surface area contributed by atoms with E-state index in [-0.39, 0.29) is 0 Å². The predicted molar refractivity (Wildman–Crippen MR) is 53.2 cm³/mol. The highest BCUT2D eigenvalue weighted by Crippen LogP contribution is 2.15. The number of nitrogens with zero attached hydrogens (tertiary/aromatic N) is 3. The molecule has 1 aromatic carbocycles. The monoisotopic (exact) mass is 184 g/mol. The Bertz CT molecular complexity index is 550. The van der Waals surface area contributed by atoms with Crippen LogP contribution in [0.25, 0.3) is 16.6 Å². The third kappa shape index (κ3) is 1.01. The second kappa shape index (κ2) is 2.70. The van der Waals surface area contributed by atoms with E-state index in [9.17, 15) is 0 Å². The van der Waals surface area contributed by atoms with Crippen LogP contribution in [0, 0.1) is 0 Å². The van der Waals surface area contributed by atoms with Gasteiger partial charge in [-0.1, -0.05) is 0 Å². The van der Waals surface area contributed by atoms with Crippen LogP contribution in [-0.2, 0) is 0 Å². The molecule has 0 spiro atoms. The molecular formula is C10H8N4.